The van der Waals surface area contributed by atoms with E-state index in [-0.39, 0.29) is 18.5 Å². The van der Waals surface area contributed by atoms with E-state index in [9.17, 15) is 4.79 Å². The number of rotatable bonds is 5. The van der Waals surface area contributed by atoms with Gasteiger partial charge in [0.05, 0.1) is 6.20 Å². The fourth-order valence-corrected chi connectivity index (χ4v) is 1.30. The Labute approximate surface area is 88.8 Å². The maximum absolute atomic E-state index is 11.5. The minimum absolute atomic E-state index is 0.0615. The quantitative estimate of drug-likeness (QED) is 0.726. The van der Waals surface area contributed by atoms with Crippen LogP contribution in [-0.2, 0) is 11.3 Å². The van der Waals surface area contributed by atoms with Crippen LogP contribution in [0.25, 0.3) is 0 Å². The van der Waals surface area contributed by atoms with Crippen molar-refractivity contribution >= 4 is 11.7 Å². The molecule has 0 aliphatic rings. The van der Waals surface area contributed by atoms with Crippen molar-refractivity contribution in [2.75, 3.05) is 5.73 Å². The van der Waals surface area contributed by atoms with E-state index in [1.54, 1.807) is 0 Å². The summed E-state index contributed by atoms with van der Waals surface area (Å²) in [6.45, 7) is 4.25. The number of aromatic nitrogens is 3. The summed E-state index contributed by atoms with van der Waals surface area (Å²) in [5, 5.41) is 10.2. The molecule has 6 heteroatoms. The lowest BCUT2D eigenvalue weighted by Gasteiger charge is -2.14. The predicted octanol–water partition coefficient (Wildman–Crippen LogP) is 0.165. The van der Waals surface area contributed by atoms with Crippen molar-refractivity contribution in [1.29, 1.82) is 0 Å². The van der Waals surface area contributed by atoms with Gasteiger partial charge in [0.15, 0.2) is 5.82 Å². The number of anilines is 1. The van der Waals surface area contributed by atoms with Gasteiger partial charge in [0.2, 0.25) is 5.91 Å². The van der Waals surface area contributed by atoms with Crippen LogP contribution < -0.4 is 11.1 Å². The summed E-state index contributed by atoms with van der Waals surface area (Å²) in [6, 6.07) is 0.235. The van der Waals surface area contributed by atoms with Gasteiger partial charge in [-0.2, -0.15) is 0 Å². The van der Waals surface area contributed by atoms with Crippen molar-refractivity contribution in [3.8, 4) is 0 Å². The number of nitrogens with zero attached hydrogens (tertiary/aromatic N) is 3. The van der Waals surface area contributed by atoms with Crippen LogP contribution in [0.2, 0.25) is 0 Å². The average Bonchev–Trinajstić information content (AvgIpc) is 2.60. The molecule has 0 atom stereocenters. The monoisotopic (exact) mass is 211 g/mol. The van der Waals surface area contributed by atoms with Crippen molar-refractivity contribution in [3.63, 3.8) is 0 Å². The molecule has 0 bridgehead atoms. The molecule has 0 unspecified atom stereocenters. The number of amides is 1. The number of carbonyl (C=O) groups excluding carboxylic acids is 1. The lowest BCUT2D eigenvalue weighted by molar-refractivity contribution is -0.122. The Kier molecular flexibility index (Phi) is 4.08. The number of hydrogen-bond donors (Lipinski definition) is 2. The summed E-state index contributed by atoms with van der Waals surface area (Å²) in [4.78, 5) is 11.5. The summed E-state index contributed by atoms with van der Waals surface area (Å²) in [5.74, 6) is 0.263. The van der Waals surface area contributed by atoms with Crippen molar-refractivity contribution in [3.05, 3.63) is 6.20 Å². The van der Waals surface area contributed by atoms with Gasteiger partial charge in [0, 0.05) is 6.04 Å². The molecule has 0 saturated carbocycles. The summed E-state index contributed by atoms with van der Waals surface area (Å²) in [5.41, 5.74) is 5.38. The zero-order valence-electron chi connectivity index (χ0n) is 9.10. The highest BCUT2D eigenvalue weighted by Crippen LogP contribution is 1.97. The summed E-state index contributed by atoms with van der Waals surface area (Å²) < 4.78 is 1.42. The number of nitrogen functional groups attached to an aromatic ring is 1. The molecule has 6 nitrogen and oxygen atoms in total. The largest absolute Gasteiger partial charge is 0.381 e. The van der Waals surface area contributed by atoms with Crippen LogP contribution in [-0.4, -0.2) is 26.9 Å². The third-order valence-electron chi connectivity index (χ3n) is 2.21. The first-order valence-corrected chi connectivity index (χ1v) is 5.10. The van der Waals surface area contributed by atoms with E-state index in [1.165, 1.54) is 10.9 Å². The molecule has 0 aliphatic carbocycles. The Bertz CT molecular complexity index is 318. The second-order valence-corrected chi connectivity index (χ2v) is 3.42. The summed E-state index contributed by atoms with van der Waals surface area (Å²) >= 11 is 0. The molecule has 84 valence electrons. The van der Waals surface area contributed by atoms with Crippen LogP contribution in [0, 0.1) is 0 Å². The van der Waals surface area contributed by atoms with Crippen LogP contribution in [0.3, 0.4) is 0 Å². The van der Waals surface area contributed by atoms with Crippen LogP contribution in [0.15, 0.2) is 6.20 Å². The van der Waals surface area contributed by atoms with E-state index in [0.717, 1.165) is 12.8 Å². The lowest BCUT2D eigenvalue weighted by atomic mass is 10.2. The molecule has 0 aromatic carbocycles. The Balaban J connectivity index is 2.42. The minimum Gasteiger partial charge on any atom is -0.381 e. The molecular weight excluding hydrogens is 194 g/mol. The Morgan fingerprint density at radius 1 is 1.60 bits per heavy atom. The molecule has 1 aromatic heterocycles. The van der Waals surface area contributed by atoms with Crippen LogP contribution in [0.5, 0.6) is 0 Å². The molecule has 0 fully saturated rings. The van der Waals surface area contributed by atoms with Gasteiger partial charge in [0.25, 0.3) is 0 Å². The van der Waals surface area contributed by atoms with Crippen molar-refractivity contribution < 1.29 is 4.79 Å². The van der Waals surface area contributed by atoms with Crippen LogP contribution in [0.1, 0.15) is 26.7 Å². The first kappa shape index (κ1) is 11.5. The zero-order valence-corrected chi connectivity index (χ0v) is 9.10. The molecule has 3 N–H and O–H groups in total. The molecule has 1 rings (SSSR count). The van der Waals surface area contributed by atoms with Gasteiger partial charge in [-0.05, 0) is 12.8 Å². The molecule has 1 aromatic rings. The van der Waals surface area contributed by atoms with Gasteiger partial charge >= 0.3 is 0 Å². The van der Waals surface area contributed by atoms with Crippen molar-refractivity contribution in [1.82, 2.24) is 20.3 Å². The molecule has 1 heterocycles. The van der Waals surface area contributed by atoms with E-state index in [1.807, 2.05) is 13.8 Å². The van der Waals surface area contributed by atoms with Gasteiger partial charge < -0.3 is 11.1 Å². The minimum atomic E-state index is -0.0615. The van der Waals surface area contributed by atoms with E-state index < -0.39 is 0 Å². The molecule has 0 spiro atoms. The van der Waals surface area contributed by atoms with Gasteiger partial charge in [-0.25, -0.2) is 4.68 Å². The first-order valence-electron chi connectivity index (χ1n) is 5.10. The highest BCUT2D eigenvalue weighted by atomic mass is 16.2. The first-order chi connectivity index (χ1) is 7.15. The predicted molar refractivity (Wildman–Crippen MR) is 56.9 cm³/mol. The highest BCUT2D eigenvalue weighted by Gasteiger charge is 2.09. The molecule has 0 saturated heterocycles. The topological polar surface area (TPSA) is 85.8 Å². The van der Waals surface area contributed by atoms with E-state index in [2.05, 4.69) is 15.6 Å². The van der Waals surface area contributed by atoms with Crippen molar-refractivity contribution in [2.45, 2.75) is 39.3 Å². The maximum Gasteiger partial charge on any atom is 0.242 e. The maximum atomic E-state index is 11.5. The standard InChI is InChI=1S/C9H17N5O/c1-3-7(4-2)11-9(15)6-14-5-8(10)12-13-14/h5,7H,3-4,6,10H2,1-2H3,(H,11,15). The lowest BCUT2D eigenvalue weighted by Crippen LogP contribution is -2.36. The number of carbonyl (C=O) groups is 1. The fourth-order valence-electron chi connectivity index (χ4n) is 1.30. The van der Waals surface area contributed by atoms with Gasteiger partial charge in [-0.3, -0.25) is 4.79 Å². The molecule has 0 aliphatic heterocycles. The zero-order chi connectivity index (χ0) is 11.3. The summed E-state index contributed by atoms with van der Waals surface area (Å²) in [7, 11) is 0. The van der Waals surface area contributed by atoms with E-state index >= 15 is 0 Å². The Morgan fingerprint density at radius 3 is 2.73 bits per heavy atom. The SMILES string of the molecule is CCC(CC)NC(=O)Cn1cc(N)nn1. The second-order valence-electron chi connectivity index (χ2n) is 3.42. The van der Waals surface area contributed by atoms with E-state index in [0.29, 0.717) is 5.82 Å². The number of nitrogens with one attached hydrogen (secondary N) is 1. The second kappa shape index (κ2) is 5.33. The van der Waals surface area contributed by atoms with Crippen LogP contribution >= 0.6 is 0 Å². The molecular formula is C9H17N5O. The summed E-state index contributed by atoms with van der Waals surface area (Å²) in [6.07, 6.45) is 3.40. The van der Waals surface area contributed by atoms with Gasteiger partial charge in [-0.15, -0.1) is 5.10 Å². The molecule has 15 heavy (non-hydrogen) atoms. The number of hydrogen-bond acceptors (Lipinski definition) is 4. The molecule has 0 radical (unpaired) electrons. The highest BCUT2D eigenvalue weighted by molar-refractivity contribution is 5.75. The number of nitrogens with two attached hydrogens (primary N) is 1. The smallest absolute Gasteiger partial charge is 0.242 e. The molecule has 1 amide bonds. The normalized spacial score (nSPS) is 10.6. The third-order valence-corrected chi connectivity index (χ3v) is 2.21. The fraction of sp³-hybridized carbons (Fsp3) is 0.667. The van der Waals surface area contributed by atoms with E-state index in [4.69, 9.17) is 5.73 Å². The Morgan fingerprint density at radius 2 is 2.27 bits per heavy atom. The van der Waals surface area contributed by atoms with Crippen molar-refractivity contribution in [2.24, 2.45) is 0 Å². The van der Waals surface area contributed by atoms with Gasteiger partial charge in [0.1, 0.15) is 6.54 Å². The van der Waals surface area contributed by atoms with Gasteiger partial charge in [-0.1, -0.05) is 19.1 Å². The third kappa shape index (κ3) is 3.57. The average molecular weight is 211 g/mol. The van der Waals surface area contributed by atoms with Crippen LogP contribution in [0.4, 0.5) is 5.82 Å². The Hall–Kier alpha value is -1.59.